The second kappa shape index (κ2) is 7.84. The van der Waals surface area contributed by atoms with Gasteiger partial charge in [-0.1, -0.05) is 42.5 Å². The second-order valence-electron chi connectivity index (χ2n) is 5.14. The highest BCUT2D eigenvalue weighted by atomic mass is 16.6. The van der Waals surface area contributed by atoms with E-state index in [-0.39, 0.29) is 18.0 Å². The Morgan fingerprint density at radius 1 is 1.04 bits per heavy atom. The van der Waals surface area contributed by atoms with Crippen LogP contribution in [0.25, 0.3) is 0 Å². The summed E-state index contributed by atoms with van der Waals surface area (Å²) in [6.45, 7) is 1.85. The van der Waals surface area contributed by atoms with Crippen molar-refractivity contribution in [3.63, 3.8) is 0 Å². The molecular weight excluding hydrogens is 294 g/mol. The summed E-state index contributed by atoms with van der Waals surface area (Å²) in [5, 5.41) is 14.6. The Kier molecular flexibility index (Phi) is 5.57. The van der Waals surface area contributed by atoms with Gasteiger partial charge in [0.2, 0.25) is 5.91 Å². The van der Waals surface area contributed by atoms with Crippen LogP contribution in [0.4, 0.5) is 5.69 Å². The molecular formula is C17H17N3O3. The van der Waals surface area contributed by atoms with E-state index in [1.54, 1.807) is 12.1 Å². The van der Waals surface area contributed by atoms with E-state index in [4.69, 9.17) is 0 Å². The van der Waals surface area contributed by atoms with E-state index in [2.05, 4.69) is 10.5 Å². The van der Waals surface area contributed by atoms with Crippen molar-refractivity contribution >= 4 is 17.3 Å². The van der Waals surface area contributed by atoms with Crippen molar-refractivity contribution in [3.8, 4) is 0 Å². The lowest BCUT2D eigenvalue weighted by Gasteiger charge is -2.03. The molecule has 0 aliphatic carbocycles. The fourth-order valence-corrected chi connectivity index (χ4v) is 2.05. The molecule has 1 N–H and O–H groups in total. The first-order valence-corrected chi connectivity index (χ1v) is 7.14. The summed E-state index contributed by atoms with van der Waals surface area (Å²) in [4.78, 5) is 21.9. The predicted molar refractivity (Wildman–Crippen MR) is 88.2 cm³/mol. The number of nitrogens with zero attached hydrogens (tertiary/aromatic N) is 2. The summed E-state index contributed by atoms with van der Waals surface area (Å²) in [6.07, 6.45) is 0.790. The number of hydrogen-bond acceptors (Lipinski definition) is 4. The molecule has 6 nitrogen and oxygen atoms in total. The quantitative estimate of drug-likeness (QED) is 0.505. The summed E-state index contributed by atoms with van der Waals surface area (Å²) in [6, 6.07) is 15.7. The smallest absolute Gasteiger partial charge is 0.269 e. The van der Waals surface area contributed by atoms with Crippen molar-refractivity contribution in [2.45, 2.75) is 19.8 Å². The molecule has 0 aliphatic heterocycles. The largest absolute Gasteiger partial charge is 0.273 e. The highest BCUT2D eigenvalue weighted by Gasteiger charge is 2.07. The Morgan fingerprint density at radius 2 is 1.65 bits per heavy atom. The van der Waals surface area contributed by atoms with Gasteiger partial charge in [-0.25, -0.2) is 5.43 Å². The van der Waals surface area contributed by atoms with Crippen molar-refractivity contribution in [2.75, 3.05) is 0 Å². The van der Waals surface area contributed by atoms with Crippen molar-refractivity contribution in [3.05, 3.63) is 75.8 Å². The fourth-order valence-electron chi connectivity index (χ4n) is 2.05. The van der Waals surface area contributed by atoms with Crippen LogP contribution in [-0.4, -0.2) is 16.5 Å². The highest BCUT2D eigenvalue weighted by molar-refractivity contribution is 5.86. The Bertz CT molecular complexity index is 710. The topological polar surface area (TPSA) is 84.6 Å². The third-order valence-electron chi connectivity index (χ3n) is 3.19. The second-order valence-corrected chi connectivity index (χ2v) is 5.14. The van der Waals surface area contributed by atoms with Gasteiger partial charge in [-0.05, 0) is 18.1 Å². The molecule has 0 radical (unpaired) electrons. The molecule has 0 spiro atoms. The number of amides is 1. The molecule has 118 valence electrons. The van der Waals surface area contributed by atoms with E-state index >= 15 is 0 Å². The molecule has 1 amide bonds. The van der Waals surface area contributed by atoms with E-state index in [1.165, 1.54) is 12.1 Å². The Balaban J connectivity index is 1.86. The normalized spacial score (nSPS) is 11.1. The van der Waals surface area contributed by atoms with Gasteiger partial charge in [0.15, 0.2) is 0 Å². The molecule has 2 aromatic rings. The minimum absolute atomic E-state index is 0.00545. The van der Waals surface area contributed by atoms with Gasteiger partial charge < -0.3 is 0 Å². The Morgan fingerprint density at radius 3 is 2.26 bits per heavy atom. The number of carbonyl (C=O) groups is 1. The maximum atomic E-state index is 11.8. The van der Waals surface area contributed by atoms with Gasteiger partial charge in [0.1, 0.15) is 0 Å². The molecule has 0 fully saturated rings. The van der Waals surface area contributed by atoms with Crippen LogP contribution < -0.4 is 5.43 Å². The molecule has 0 atom stereocenters. The van der Waals surface area contributed by atoms with Crippen LogP contribution in [0.5, 0.6) is 0 Å². The fraction of sp³-hybridized carbons (Fsp3) is 0.176. The molecule has 0 aromatic heterocycles. The van der Waals surface area contributed by atoms with Gasteiger partial charge in [0, 0.05) is 24.3 Å². The minimum atomic E-state index is -0.471. The summed E-state index contributed by atoms with van der Waals surface area (Å²) in [5.41, 5.74) is 5.13. The standard InChI is InChI=1S/C17H17N3O3/c1-13(11-14-5-3-2-4-6-14)18-19-17(21)12-15-7-9-16(10-8-15)20(22)23/h2-10H,11-12H2,1H3,(H,19,21). The van der Waals surface area contributed by atoms with Crippen molar-refractivity contribution in [1.82, 2.24) is 5.43 Å². The zero-order valence-corrected chi connectivity index (χ0v) is 12.7. The first-order valence-electron chi connectivity index (χ1n) is 7.14. The summed E-state index contributed by atoms with van der Waals surface area (Å²) in [7, 11) is 0. The van der Waals surface area contributed by atoms with Crippen LogP contribution in [-0.2, 0) is 17.6 Å². The molecule has 0 aliphatic rings. The van der Waals surface area contributed by atoms with Crippen LogP contribution in [0.1, 0.15) is 18.1 Å². The van der Waals surface area contributed by atoms with E-state index in [9.17, 15) is 14.9 Å². The molecule has 2 aromatic carbocycles. The maximum Gasteiger partial charge on any atom is 0.269 e. The summed E-state index contributed by atoms with van der Waals surface area (Å²) in [5.74, 6) is -0.258. The molecule has 6 heteroatoms. The van der Waals surface area contributed by atoms with E-state index in [0.29, 0.717) is 12.0 Å². The number of hydrazone groups is 1. The molecule has 0 unspecified atom stereocenters. The third kappa shape index (κ3) is 5.35. The maximum absolute atomic E-state index is 11.8. The van der Waals surface area contributed by atoms with Gasteiger partial charge in [-0.15, -0.1) is 0 Å². The third-order valence-corrected chi connectivity index (χ3v) is 3.19. The van der Waals surface area contributed by atoms with Crippen molar-refractivity contribution in [1.29, 1.82) is 0 Å². The lowest BCUT2D eigenvalue weighted by molar-refractivity contribution is -0.384. The Hall–Kier alpha value is -3.02. The number of benzene rings is 2. The average Bonchev–Trinajstić information content (AvgIpc) is 2.54. The molecule has 2 rings (SSSR count). The van der Waals surface area contributed by atoms with Gasteiger partial charge in [0.05, 0.1) is 11.3 Å². The predicted octanol–water partition coefficient (Wildman–Crippen LogP) is 2.87. The highest BCUT2D eigenvalue weighted by Crippen LogP contribution is 2.12. The number of nitrogens with one attached hydrogen (secondary N) is 1. The summed E-state index contributed by atoms with van der Waals surface area (Å²) < 4.78 is 0. The molecule has 0 heterocycles. The zero-order chi connectivity index (χ0) is 16.7. The van der Waals surface area contributed by atoms with Crippen LogP contribution in [0.15, 0.2) is 59.7 Å². The van der Waals surface area contributed by atoms with Crippen LogP contribution in [0.2, 0.25) is 0 Å². The van der Waals surface area contributed by atoms with Crippen molar-refractivity contribution in [2.24, 2.45) is 5.10 Å². The number of rotatable bonds is 6. The molecule has 0 saturated carbocycles. The van der Waals surface area contributed by atoms with Gasteiger partial charge in [-0.2, -0.15) is 5.10 Å². The zero-order valence-electron chi connectivity index (χ0n) is 12.7. The number of nitro groups is 1. The van der Waals surface area contributed by atoms with Crippen LogP contribution >= 0.6 is 0 Å². The monoisotopic (exact) mass is 311 g/mol. The minimum Gasteiger partial charge on any atom is -0.273 e. The SMILES string of the molecule is CC(Cc1ccccc1)=NNC(=O)Cc1ccc([N+](=O)[O-])cc1. The lowest BCUT2D eigenvalue weighted by Crippen LogP contribution is -2.21. The number of hydrogen-bond donors (Lipinski definition) is 1. The first-order chi connectivity index (χ1) is 11.0. The van der Waals surface area contributed by atoms with E-state index < -0.39 is 4.92 Å². The molecule has 0 saturated heterocycles. The van der Waals surface area contributed by atoms with Gasteiger partial charge in [-0.3, -0.25) is 14.9 Å². The van der Waals surface area contributed by atoms with Gasteiger partial charge in [0.25, 0.3) is 5.69 Å². The summed E-state index contributed by atoms with van der Waals surface area (Å²) >= 11 is 0. The van der Waals surface area contributed by atoms with Gasteiger partial charge >= 0.3 is 0 Å². The first kappa shape index (κ1) is 16.4. The number of carbonyl (C=O) groups excluding carboxylic acids is 1. The van der Waals surface area contributed by atoms with Crippen LogP contribution in [0, 0.1) is 10.1 Å². The number of non-ortho nitro benzene ring substituents is 1. The van der Waals surface area contributed by atoms with Crippen molar-refractivity contribution < 1.29 is 9.72 Å². The number of nitro benzene ring substituents is 1. The van der Waals surface area contributed by atoms with E-state index in [0.717, 1.165) is 11.3 Å². The molecule has 23 heavy (non-hydrogen) atoms. The average molecular weight is 311 g/mol. The lowest BCUT2D eigenvalue weighted by atomic mass is 10.1. The van der Waals surface area contributed by atoms with Crippen LogP contribution in [0.3, 0.4) is 0 Å². The molecule has 0 bridgehead atoms. The Labute approximate surface area is 134 Å². The van der Waals surface area contributed by atoms with E-state index in [1.807, 2.05) is 37.3 Å².